The minimum Gasteiger partial charge on any atom is -0.322 e. The van der Waals surface area contributed by atoms with E-state index >= 15 is 0 Å². The fourth-order valence-electron chi connectivity index (χ4n) is 1.56. The summed E-state index contributed by atoms with van der Waals surface area (Å²) in [6.45, 7) is 0. The maximum absolute atomic E-state index is 13.0. The van der Waals surface area contributed by atoms with Crippen LogP contribution in [0.3, 0.4) is 0 Å². The van der Waals surface area contributed by atoms with Crippen molar-refractivity contribution in [3.63, 3.8) is 0 Å². The van der Waals surface area contributed by atoms with E-state index in [2.05, 4.69) is 5.32 Å². The third kappa shape index (κ3) is 4.28. The highest BCUT2D eigenvalue weighted by atomic mass is 35.5. The van der Waals surface area contributed by atoms with Gasteiger partial charge in [0.15, 0.2) is 11.6 Å². The highest BCUT2D eigenvalue weighted by Gasteiger charge is 2.04. The number of anilines is 1. The molecule has 0 spiro atoms. The summed E-state index contributed by atoms with van der Waals surface area (Å²) in [6.07, 6.45) is 2.73. The molecule has 6 heteroatoms. The van der Waals surface area contributed by atoms with E-state index < -0.39 is 17.5 Å². The molecule has 1 amide bonds. The van der Waals surface area contributed by atoms with Crippen LogP contribution in [0.15, 0.2) is 42.5 Å². The average Bonchev–Trinajstić information content (AvgIpc) is 2.42. The SMILES string of the molecule is O=C(C=Cc1ccc(Cl)cc1Cl)Nc1ccc(F)c(F)c1. The fraction of sp³-hybridized carbons (Fsp3) is 0. The molecule has 0 saturated heterocycles. The van der Waals surface area contributed by atoms with Crippen molar-refractivity contribution in [2.45, 2.75) is 0 Å². The molecule has 0 radical (unpaired) electrons. The highest BCUT2D eigenvalue weighted by molar-refractivity contribution is 6.35. The van der Waals surface area contributed by atoms with E-state index in [-0.39, 0.29) is 5.69 Å². The molecular weight excluding hydrogens is 319 g/mol. The van der Waals surface area contributed by atoms with Gasteiger partial charge in [-0.15, -0.1) is 0 Å². The van der Waals surface area contributed by atoms with Gasteiger partial charge < -0.3 is 5.32 Å². The molecule has 2 rings (SSSR count). The molecule has 0 fully saturated rings. The van der Waals surface area contributed by atoms with E-state index in [1.807, 2.05) is 0 Å². The first kappa shape index (κ1) is 15.5. The van der Waals surface area contributed by atoms with Crippen LogP contribution in [0.5, 0.6) is 0 Å². The molecule has 2 aromatic rings. The van der Waals surface area contributed by atoms with Crippen LogP contribution in [-0.4, -0.2) is 5.91 Å². The molecule has 0 unspecified atom stereocenters. The van der Waals surface area contributed by atoms with E-state index in [1.54, 1.807) is 18.2 Å². The number of carbonyl (C=O) groups excluding carboxylic acids is 1. The van der Waals surface area contributed by atoms with Crippen LogP contribution in [0.2, 0.25) is 10.0 Å². The molecule has 108 valence electrons. The Kier molecular flexibility index (Phi) is 4.94. The van der Waals surface area contributed by atoms with E-state index in [9.17, 15) is 13.6 Å². The Morgan fingerprint density at radius 3 is 2.48 bits per heavy atom. The second-order valence-electron chi connectivity index (χ2n) is 4.12. The number of hydrogen-bond acceptors (Lipinski definition) is 1. The van der Waals surface area contributed by atoms with Crippen molar-refractivity contribution in [2.24, 2.45) is 0 Å². The minimum absolute atomic E-state index is 0.158. The topological polar surface area (TPSA) is 29.1 Å². The van der Waals surface area contributed by atoms with Gasteiger partial charge in [0, 0.05) is 27.9 Å². The van der Waals surface area contributed by atoms with Gasteiger partial charge in [-0.2, -0.15) is 0 Å². The van der Waals surface area contributed by atoms with Crippen LogP contribution in [-0.2, 0) is 4.79 Å². The summed E-state index contributed by atoms with van der Waals surface area (Å²) < 4.78 is 25.8. The third-order valence-electron chi connectivity index (χ3n) is 2.56. The number of hydrogen-bond donors (Lipinski definition) is 1. The Hall–Kier alpha value is -1.91. The zero-order valence-electron chi connectivity index (χ0n) is 10.5. The fourth-order valence-corrected chi connectivity index (χ4v) is 2.03. The maximum atomic E-state index is 13.0. The van der Waals surface area contributed by atoms with E-state index in [4.69, 9.17) is 23.2 Å². The van der Waals surface area contributed by atoms with Crippen LogP contribution in [0.1, 0.15) is 5.56 Å². The molecule has 0 aliphatic rings. The van der Waals surface area contributed by atoms with Crippen LogP contribution >= 0.6 is 23.2 Å². The molecule has 2 aromatic carbocycles. The third-order valence-corrected chi connectivity index (χ3v) is 3.13. The van der Waals surface area contributed by atoms with Gasteiger partial charge in [-0.3, -0.25) is 4.79 Å². The van der Waals surface area contributed by atoms with E-state index in [0.29, 0.717) is 15.6 Å². The Labute approximate surface area is 130 Å². The number of nitrogens with one attached hydrogen (secondary N) is 1. The van der Waals surface area contributed by atoms with Crippen molar-refractivity contribution in [3.8, 4) is 0 Å². The molecular formula is C15H9Cl2F2NO. The molecule has 0 atom stereocenters. The molecule has 21 heavy (non-hydrogen) atoms. The van der Waals surface area contributed by atoms with E-state index in [1.165, 1.54) is 18.2 Å². The standard InChI is InChI=1S/C15H9Cl2F2NO/c16-10-3-1-9(12(17)7-10)2-6-15(21)20-11-4-5-13(18)14(19)8-11/h1-8H,(H,20,21). The summed E-state index contributed by atoms with van der Waals surface area (Å²) >= 11 is 11.7. The van der Waals surface area contributed by atoms with Gasteiger partial charge in [-0.25, -0.2) is 8.78 Å². The minimum atomic E-state index is -1.03. The van der Waals surface area contributed by atoms with Gasteiger partial charge in [0.25, 0.3) is 0 Å². The van der Waals surface area contributed by atoms with Crippen molar-refractivity contribution in [2.75, 3.05) is 5.32 Å². The first-order valence-electron chi connectivity index (χ1n) is 5.85. The Bertz CT molecular complexity index is 717. The Morgan fingerprint density at radius 2 is 1.81 bits per heavy atom. The number of rotatable bonds is 3. The molecule has 0 aliphatic carbocycles. The molecule has 0 saturated carbocycles. The van der Waals surface area contributed by atoms with Gasteiger partial charge in [0.1, 0.15) is 0 Å². The summed E-state index contributed by atoms with van der Waals surface area (Å²) in [5, 5.41) is 3.30. The van der Waals surface area contributed by atoms with Crippen molar-refractivity contribution in [1.29, 1.82) is 0 Å². The summed E-state index contributed by atoms with van der Waals surface area (Å²) in [5.74, 6) is -2.50. The maximum Gasteiger partial charge on any atom is 0.248 e. The number of benzene rings is 2. The number of halogens is 4. The second-order valence-corrected chi connectivity index (χ2v) is 4.96. The zero-order valence-corrected chi connectivity index (χ0v) is 12.1. The van der Waals surface area contributed by atoms with Gasteiger partial charge in [-0.1, -0.05) is 29.3 Å². The first-order valence-corrected chi connectivity index (χ1v) is 6.60. The molecule has 0 aliphatic heterocycles. The largest absolute Gasteiger partial charge is 0.322 e. The number of amides is 1. The Morgan fingerprint density at radius 1 is 1.05 bits per heavy atom. The van der Waals surface area contributed by atoms with Gasteiger partial charge in [0.2, 0.25) is 5.91 Å². The summed E-state index contributed by atoms with van der Waals surface area (Å²) in [7, 11) is 0. The van der Waals surface area contributed by atoms with Crippen LogP contribution in [0.25, 0.3) is 6.08 Å². The highest BCUT2D eigenvalue weighted by Crippen LogP contribution is 2.22. The van der Waals surface area contributed by atoms with Crippen LogP contribution < -0.4 is 5.32 Å². The lowest BCUT2D eigenvalue weighted by molar-refractivity contribution is -0.111. The molecule has 0 heterocycles. The second kappa shape index (κ2) is 6.70. The molecule has 0 aromatic heterocycles. The van der Waals surface area contributed by atoms with E-state index in [0.717, 1.165) is 12.1 Å². The zero-order chi connectivity index (χ0) is 15.4. The number of carbonyl (C=O) groups is 1. The normalized spacial score (nSPS) is 10.9. The van der Waals surface area contributed by atoms with Crippen molar-refractivity contribution in [1.82, 2.24) is 0 Å². The quantitative estimate of drug-likeness (QED) is 0.796. The average molecular weight is 328 g/mol. The first-order chi connectivity index (χ1) is 9.95. The van der Waals surface area contributed by atoms with Crippen molar-refractivity contribution in [3.05, 3.63) is 69.7 Å². The molecule has 0 bridgehead atoms. The lowest BCUT2D eigenvalue weighted by Gasteiger charge is -2.03. The lowest BCUT2D eigenvalue weighted by Crippen LogP contribution is -2.08. The summed E-state index contributed by atoms with van der Waals surface area (Å²) in [5.41, 5.74) is 0.771. The van der Waals surface area contributed by atoms with Gasteiger partial charge in [-0.05, 0) is 35.9 Å². The van der Waals surface area contributed by atoms with Crippen LogP contribution in [0.4, 0.5) is 14.5 Å². The smallest absolute Gasteiger partial charge is 0.248 e. The summed E-state index contributed by atoms with van der Waals surface area (Å²) in [6, 6.07) is 7.95. The van der Waals surface area contributed by atoms with Gasteiger partial charge in [0.05, 0.1) is 0 Å². The Balaban J connectivity index is 2.07. The predicted octanol–water partition coefficient (Wildman–Crippen LogP) is 4.92. The summed E-state index contributed by atoms with van der Waals surface area (Å²) in [4.78, 5) is 11.7. The van der Waals surface area contributed by atoms with Crippen LogP contribution in [0, 0.1) is 11.6 Å². The monoisotopic (exact) mass is 327 g/mol. The lowest BCUT2D eigenvalue weighted by atomic mass is 10.2. The molecule has 2 nitrogen and oxygen atoms in total. The van der Waals surface area contributed by atoms with Crippen molar-refractivity contribution < 1.29 is 13.6 Å². The molecule has 1 N–H and O–H groups in total. The van der Waals surface area contributed by atoms with Crippen molar-refractivity contribution >= 4 is 40.9 Å². The predicted molar refractivity (Wildman–Crippen MR) is 80.5 cm³/mol. The van der Waals surface area contributed by atoms with Gasteiger partial charge >= 0.3 is 0 Å².